The highest BCUT2D eigenvalue weighted by molar-refractivity contribution is 5.97. The quantitative estimate of drug-likeness (QED) is 0.298. The standard InChI is InChI=1S/C31H37F3N6O4/c1-17-14-24(43-6)26(30(42)35-17)27(25-19(3)37-44-21(25)5)36-29(41)23-15-22-8-7-9-40(22)28(18(23)2)20(4)39-12-10-38(11-13-39)16-31(32,33)34/h7-9,14-15,20,27H,10-13,16H2,1-6H3,(H,35,42)(H,36,41). The summed E-state index contributed by atoms with van der Waals surface area (Å²) in [4.78, 5) is 33.9. The van der Waals surface area contributed by atoms with E-state index in [0.29, 0.717) is 60.2 Å². The van der Waals surface area contributed by atoms with Crippen LogP contribution in [0.5, 0.6) is 5.75 Å². The molecule has 13 heteroatoms. The summed E-state index contributed by atoms with van der Waals surface area (Å²) >= 11 is 0. The van der Waals surface area contributed by atoms with E-state index < -0.39 is 30.2 Å². The fourth-order valence-electron chi connectivity index (χ4n) is 6.30. The lowest BCUT2D eigenvalue weighted by molar-refractivity contribution is -0.149. The second-order valence-electron chi connectivity index (χ2n) is 11.4. The molecule has 44 heavy (non-hydrogen) atoms. The van der Waals surface area contributed by atoms with E-state index in [1.54, 1.807) is 32.9 Å². The van der Waals surface area contributed by atoms with Gasteiger partial charge in [-0.15, -0.1) is 0 Å². The number of carbonyl (C=O) groups is 1. The maximum atomic E-state index is 14.2. The van der Waals surface area contributed by atoms with E-state index in [1.807, 2.05) is 36.6 Å². The summed E-state index contributed by atoms with van der Waals surface area (Å²) in [5, 5.41) is 7.12. The van der Waals surface area contributed by atoms with E-state index >= 15 is 0 Å². The van der Waals surface area contributed by atoms with Gasteiger partial charge in [0.05, 0.1) is 31.0 Å². The number of pyridine rings is 2. The number of fused-ring (bicyclic) bond motifs is 1. The van der Waals surface area contributed by atoms with Crippen molar-refractivity contribution in [1.29, 1.82) is 0 Å². The Bertz CT molecular complexity index is 1710. The summed E-state index contributed by atoms with van der Waals surface area (Å²) in [6.07, 6.45) is -2.32. The van der Waals surface area contributed by atoms with Crippen molar-refractivity contribution in [3.63, 3.8) is 0 Å². The third kappa shape index (κ3) is 6.11. The van der Waals surface area contributed by atoms with Crippen molar-refractivity contribution in [2.45, 2.75) is 52.9 Å². The Morgan fingerprint density at radius 3 is 2.45 bits per heavy atom. The molecule has 0 saturated carbocycles. The van der Waals surface area contributed by atoms with Gasteiger partial charge >= 0.3 is 6.18 Å². The fraction of sp³-hybridized carbons (Fsp3) is 0.452. The molecule has 1 amide bonds. The number of rotatable bonds is 8. The Morgan fingerprint density at radius 1 is 1.14 bits per heavy atom. The zero-order valence-corrected chi connectivity index (χ0v) is 25.6. The molecule has 5 rings (SSSR count). The van der Waals surface area contributed by atoms with E-state index in [1.165, 1.54) is 12.0 Å². The first-order valence-electron chi connectivity index (χ1n) is 14.4. The van der Waals surface area contributed by atoms with Crippen molar-refractivity contribution in [3.05, 3.63) is 85.9 Å². The number of aromatic nitrogens is 3. The highest BCUT2D eigenvalue weighted by Gasteiger charge is 2.34. The number of amides is 1. The van der Waals surface area contributed by atoms with Crippen LogP contribution < -0.4 is 15.6 Å². The van der Waals surface area contributed by atoms with Crippen molar-refractivity contribution in [1.82, 2.24) is 29.7 Å². The predicted molar refractivity (Wildman–Crippen MR) is 158 cm³/mol. The Balaban J connectivity index is 1.52. The van der Waals surface area contributed by atoms with E-state index in [4.69, 9.17) is 9.26 Å². The van der Waals surface area contributed by atoms with Gasteiger partial charge in [-0.05, 0) is 64.4 Å². The first-order chi connectivity index (χ1) is 20.8. The summed E-state index contributed by atoms with van der Waals surface area (Å²) in [7, 11) is 1.46. The van der Waals surface area contributed by atoms with Gasteiger partial charge in [-0.3, -0.25) is 19.4 Å². The molecule has 5 heterocycles. The van der Waals surface area contributed by atoms with Crippen LogP contribution in [0, 0.1) is 27.7 Å². The molecule has 236 valence electrons. The Morgan fingerprint density at radius 2 is 1.84 bits per heavy atom. The second kappa shape index (κ2) is 12.1. The first kappa shape index (κ1) is 31.3. The van der Waals surface area contributed by atoms with Gasteiger partial charge < -0.3 is 24.0 Å². The van der Waals surface area contributed by atoms with Crippen LogP contribution in [-0.4, -0.2) is 76.3 Å². The zero-order chi connectivity index (χ0) is 31.9. The average Bonchev–Trinajstić information content (AvgIpc) is 3.55. The van der Waals surface area contributed by atoms with Gasteiger partial charge in [0.1, 0.15) is 11.5 Å². The number of hydrogen-bond acceptors (Lipinski definition) is 7. The molecule has 1 aliphatic rings. The van der Waals surface area contributed by atoms with Gasteiger partial charge in [-0.2, -0.15) is 13.2 Å². The number of aryl methyl sites for hydroxylation is 3. The van der Waals surface area contributed by atoms with Gasteiger partial charge in [0, 0.05) is 66.4 Å². The largest absolute Gasteiger partial charge is 0.496 e. The third-order valence-electron chi connectivity index (χ3n) is 8.45. The van der Waals surface area contributed by atoms with Crippen molar-refractivity contribution in [2.24, 2.45) is 0 Å². The van der Waals surface area contributed by atoms with Crippen LogP contribution in [0.2, 0.25) is 0 Å². The highest BCUT2D eigenvalue weighted by atomic mass is 19.4. The van der Waals surface area contributed by atoms with Crippen LogP contribution in [0.25, 0.3) is 5.52 Å². The molecule has 2 unspecified atom stereocenters. The molecule has 1 aliphatic heterocycles. The van der Waals surface area contributed by atoms with Crippen molar-refractivity contribution in [2.75, 3.05) is 39.8 Å². The summed E-state index contributed by atoms with van der Waals surface area (Å²) < 4.78 is 51.9. The number of H-pyrrole nitrogens is 1. The SMILES string of the molecule is COc1cc(C)[nH]c(=O)c1C(NC(=O)c1cc2cccn2c(C(C)N2CCN(CC(F)(F)F)CC2)c1C)c1c(C)noc1C. The fourth-order valence-corrected chi connectivity index (χ4v) is 6.30. The number of piperazine rings is 1. The molecule has 0 bridgehead atoms. The molecule has 10 nitrogen and oxygen atoms in total. The number of methoxy groups -OCH3 is 1. The molecule has 2 N–H and O–H groups in total. The molecule has 1 fully saturated rings. The summed E-state index contributed by atoms with van der Waals surface area (Å²) in [5.41, 5.74) is 4.26. The molecular formula is C31H37F3N6O4. The van der Waals surface area contributed by atoms with Crippen molar-refractivity contribution in [3.8, 4) is 5.75 Å². The smallest absolute Gasteiger partial charge is 0.401 e. The maximum Gasteiger partial charge on any atom is 0.401 e. The highest BCUT2D eigenvalue weighted by Crippen LogP contribution is 2.34. The topological polar surface area (TPSA) is 108 Å². The average molecular weight is 615 g/mol. The lowest BCUT2D eigenvalue weighted by atomic mass is 9.95. The van der Waals surface area contributed by atoms with Crippen molar-refractivity contribution < 1.29 is 27.2 Å². The minimum atomic E-state index is -4.24. The predicted octanol–water partition coefficient (Wildman–Crippen LogP) is 4.62. The molecular weight excluding hydrogens is 577 g/mol. The Labute approximate surface area is 252 Å². The van der Waals surface area contributed by atoms with Gasteiger partial charge in [-0.25, -0.2) is 0 Å². The van der Waals surface area contributed by atoms with Crippen LogP contribution in [-0.2, 0) is 0 Å². The maximum absolute atomic E-state index is 14.2. The number of ether oxygens (including phenoxy) is 1. The monoisotopic (exact) mass is 614 g/mol. The van der Waals surface area contributed by atoms with Crippen LogP contribution >= 0.6 is 0 Å². The molecule has 4 aromatic heterocycles. The first-order valence-corrected chi connectivity index (χ1v) is 14.4. The molecule has 2 atom stereocenters. The van der Waals surface area contributed by atoms with Crippen LogP contribution in [0.3, 0.4) is 0 Å². The minimum absolute atomic E-state index is 0.191. The Hall–Kier alpha value is -4.10. The molecule has 4 aromatic rings. The van der Waals surface area contributed by atoms with E-state index in [2.05, 4.69) is 20.4 Å². The van der Waals surface area contributed by atoms with E-state index in [9.17, 15) is 22.8 Å². The lowest BCUT2D eigenvalue weighted by Crippen LogP contribution is -2.50. The van der Waals surface area contributed by atoms with Crippen molar-refractivity contribution >= 4 is 11.4 Å². The number of carbonyl (C=O) groups excluding carboxylic acids is 1. The molecule has 0 radical (unpaired) electrons. The third-order valence-corrected chi connectivity index (χ3v) is 8.45. The van der Waals surface area contributed by atoms with Gasteiger partial charge in [-0.1, -0.05) is 5.16 Å². The second-order valence-corrected chi connectivity index (χ2v) is 11.4. The molecule has 0 aromatic carbocycles. The lowest BCUT2D eigenvalue weighted by Gasteiger charge is -2.39. The number of nitrogens with one attached hydrogen (secondary N) is 2. The van der Waals surface area contributed by atoms with E-state index in [-0.39, 0.29) is 11.6 Å². The molecule has 0 spiro atoms. The number of nitrogens with zero attached hydrogens (tertiary/aromatic N) is 4. The zero-order valence-electron chi connectivity index (χ0n) is 25.6. The number of hydrogen-bond donors (Lipinski definition) is 2. The molecule has 1 saturated heterocycles. The summed E-state index contributed by atoms with van der Waals surface area (Å²) in [6, 6.07) is 6.15. The van der Waals surface area contributed by atoms with E-state index in [0.717, 1.165) is 16.8 Å². The normalized spacial score (nSPS) is 16.3. The van der Waals surface area contributed by atoms with Gasteiger partial charge in [0.25, 0.3) is 11.5 Å². The minimum Gasteiger partial charge on any atom is -0.496 e. The van der Waals surface area contributed by atoms with Gasteiger partial charge in [0.15, 0.2) is 0 Å². The number of aromatic amines is 1. The van der Waals surface area contributed by atoms with Crippen LogP contribution in [0.15, 0.2) is 39.8 Å². The summed E-state index contributed by atoms with van der Waals surface area (Å²) in [6.45, 7) is 9.66. The summed E-state index contributed by atoms with van der Waals surface area (Å²) in [5.74, 6) is 0.350. The number of alkyl halides is 3. The van der Waals surface area contributed by atoms with Crippen LogP contribution in [0.4, 0.5) is 13.2 Å². The number of halogens is 3. The van der Waals surface area contributed by atoms with Gasteiger partial charge in [0.2, 0.25) is 0 Å². The molecule has 0 aliphatic carbocycles. The Kier molecular flexibility index (Phi) is 8.63. The van der Waals surface area contributed by atoms with Crippen LogP contribution in [0.1, 0.15) is 68.9 Å².